The summed E-state index contributed by atoms with van der Waals surface area (Å²) < 4.78 is 5.47. The van der Waals surface area contributed by atoms with Gasteiger partial charge in [-0.1, -0.05) is 12.8 Å². The van der Waals surface area contributed by atoms with Crippen molar-refractivity contribution in [2.45, 2.75) is 71.1 Å². The molecule has 0 bridgehead atoms. The van der Waals surface area contributed by atoms with E-state index in [1.54, 1.807) is 4.90 Å². The minimum Gasteiger partial charge on any atom is -0.444 e. The minimum absolute atomic E-state index is 0.0194. The molecule has 6 heteroatoms. The number of nitrogens with one attached hydrogen (secondary N) is 1. The van der Waals surface area contributed by atoms with Crippen molar-refractivity contribution in [2.75, 3.05) is 13.1 Å². The van der Waals surface area contributed by atoms with E-state index in [9.17, 15) is 9.59 Å². The lowest BCUT2D eigenvalue weighted by molar-refractivity contribution is -0.121. The van der Waals surface area contributed by atoms with Crippen LogP contribution in [0.25, 0.3) is 0 Å². The Balaban J connectivity index is 2.79. The fraction of sp³-hybridized carbons (Fsp3) is 0.867. The summed E-state index contributed by atoms with van der Waals surface area (Å²) in [6.07, 6.45) is 3.54. The number of carbonyl (C=O) groups excluding carboxylic acids is 2. The van der Waals surface area contributed by atoms with Gasteiger partial charge in [0.2, 0.25) is 5.91 Å². The first-order chi connectivity index (χ1) is 9.78. The van der Waals surface area contributed by atoms with Crippen LogP contribution < -0.4 is 11.1 Å². The van der Waals surface area contributed by atoms with E-state index >= 15 is 0 Å². The predicted octanol–water partition coefficient (Wildman–Crippen LogP) is 1.63. The number of hydrogen-bond donors (Lipinski definition) is 2. The molecule has 6 nitrogen and oxygen atoms in total. The number of likely N-dealkylation sites (N-methyl/N-ethyl adjacent to an activating group) is 1. The number of ether oxygens (including phenoxy) is 1. The fourth-order valence-corrected chi connectivity index (χ4v) is 2.74. The molecule has 0 aliphatic heterocycles. The fourth-order valence-electron chi connectivity index (χ4n) is 2.74. The van der Waals surface area contributed by atoms with Crippen molar-refractivity contribution in [1.82, 2.24) is 10.2 Å². The zero-order valence-corrected chi connectivity index (χ0v) is 13.6. The second-order valence-electron chi connectivity index (χ2n) is 6.50. The molecule has 0 spiro atoms. The first-order valence-electron chi connectivity index (χ1n) is 7.77. The second kappa shape index (κ2) is 7.64. The van der Waals surface area contributed by atoms with Gasteiger partial charge in [0, 0.05) is 12.6 Å². The van der Waals surface area contributed by atoms with Crippen molar-refractivity contribution in [2.24, 2.45) is 5.73 Å². The highest BCUT2D eigenvalue weighted by Gasteiger charge is 2.34. The summed E-state index contributed by atoms with van der Waals surface area (Å²) in [6.45, 7) is 8.03. The smallest absolute Gasteiger partial charge is 0.410 e. The lowest BCUT2D eigenvalue weighted by Crippen LogP contribution is -2.56. The van der Waals surface area contributed by atoms with Crippen LogP contribution in [-0.2, 0) is 9.53 Å². The van der Waals surface area contributed by atoms with Crippen LogP contribution in [0.15, 0.2) is 0 Å². The molecule has 0 aromatic heterocycles. The molecule has 0 aromatic rings. The van der Waals surface area contributed by atoms with Gasteiger partial charge in [-0.15, -0.1) is 0 Å². The number of nitrogens with two attached hydrogens (primary N) is 1. The first-order valence-corrected chi connectivity index (χ1v) is 7.77. The summed E-state index contributed by atoms with van der Waals surface area (Å²) in [6, 6.07) is -0.0589. The molecule has 3 N–H and O–H groups in total. The molecular formula is C15H29N3O3. The van der Waals surface area contributed by atoms with E-state index in [-0.39, 0.29) is 30.6 Å². The van der Waals surface area contributed by atoms with E-state index in [1.807, 2.05) is 27.7 Å². The lowest BCUT2D eigenvalue weighted by atomic mass is 9.89. The zero-order chi connectivity index (χ0) is 16.0. The van der Waals surface area contributed by atoms with Crippen LogP contribution in [0, 0.1) is 0 Å². The van der Waals surface area contributed by atoms with Crippen molar-refractivity contribution >= 4 is 12.0 Å². The number of rotatable bonds is 4. The monoisotopic (exact) mass is 299 g/mol. The Labute approximate surface area is 127 Å². The molecule has 0 heterocycles. The third-order valence-corrected chi connectivity index (χ3v) is 3.63. The van der Waals surface area contributed by atoms with E-state index in [2.05, 4.69) is 5.32 Å². The maximum atomic E-state index is 12.4. The molecule has 2 amide bonds. The summed E-state index contributed by atoms with van der Waals surface area (Å²) in [5.41, 5.74) is 4.85. The number of nitrogens with zero attached hydrogens (tertiary/aromatic N) is 1. The molecule has 1 fully saturated rings. The lowest BCUT2D eigenvalue weighted by Gasteiger charge is -2.40. The van der Waals surface area contributed by atoms with Gasteiger partial charge in [0.15, 0.2) is 0 Å². The highest BCUT2D eigenvalue weighted by molar-refractivity contribution is 5.78. The largest absolute Gasteiger partial charge is 0.444 e. The Hall–Kier alpha value is -1.30. The summed E-state index contributed by atoms with van der Waals surface area (Å²) in [4.78, 5) is 25.6. The molecule has 1 saturated carbocycles. The average molecular weight is 299 g/mol. The summed E-state index contributed by atoms with van der Waals surface area (Å²) in [5, 5.41) is 2.94. The third-order valence-electron chi connectivity index (χ3n) is 3.63. The van der Waals surface area contributed by atoms with Gasteiger partial charge < -0.3 is 20.7 Å². The predicted molar refractivity (Wildman–Crippen MR) is 81.9 cm³/mol. The van der Waals surface area contributed by atoms with Crippen molar-refractivity contribution < 1.29 is 14.3 Å². The second-order valence-corrected chi connectivity index (χ2v) is 6.50. The van der Waals surface area contributed by atoms with Crippen LogP contribution in [-0.4, -0.2) is 47.7 Å². The van der Waals surface area contributed by atoms with Gasteiger partial charge in [-0.25, -0.2) is 4.79 Å². The van der Waals surface area contributed by atoms with Crippen molar-refractivity contribution in [3.05, 3.63) is 0 Å². The first kappa shape index (κ1) is 17.8. The highest BCUT2D eigenvalue weighted by atomic mass is 16.6. The van der Waals surface area contributed by atoms with Gasteiger partial charge in [0.25, 0.3) is 0 Å². The van der Waals surface area contributed by atoms with Crippen LogP contribution in [0.5, 0.6) is 0 Å². The standard InChI is InChI=1S/C15H29N3O3/c1-5-18(14(20)21-15(2,3)4)12-9-7-6-8-11(12)17-13(19)10-16/h11-12H,5-10,16H2,1-4H3,(H,17,19)/t11-,12-/m1/s1. The average Bonchev–Trinajstić information content (AvgIpc) is 2.39. The van der Waals surface area contributed by atoms with Crippen molar-refractivity contribution in [3.63, 3.8) is 0 Å². The van der Waals surface area contributed by atoms with Crippen LogP contribution in [0.2, 0.25) is 0 Å². The van der Waals surface area contributed by atoms with Crippen molar-refractivity contribution in [1.29, 1.82) is 0 Å². The molecule has 1 rings (SSSR count). The van der Waals surface area contributed by atoms with E-state index in [1.165, 1.54) is 0 Å². The van der Waals surface area contributed by atoms with E-state index in [0.717, 1.165) is 25.7 Å². The van der Waals surface area contributed by atoms with Gasteiger partial charge in [-0.2, -0.15) is 0 Å². The maximum Gasteiger partial charge on any atom is 0.410 e. The third kappa shape index (κ3) is 5.53. The quantitative estimate of drug-likeness (QED) is 0.826. The Morgan fingerprint density at radius 2 is 1.90 bits per heavy atom. The van der Waals surface area contributed by atoms with E-state index in [4.69, 9.17) is 10.5 Å². The summed E-state index contributed by atoms with van der Waals surface area (Å²) >= 11 is 0. The van der Waals surface area contributed by atoms with Gasteiger partial charge >= 0.3 is 6.09 Å². The van der Waals surface area contributed by atoms with E-state index < -0.39 is 5.60 Å². The molecule has 0 unspecified atom stereocenters. The Morgan fingerprint density at radius 1 is 1.29 bits per heavy atom. The summed E-state index contributed by atoms with van der Waals surface area (Å²) in [7, 11) is 0. The Morgan fingerprint density at radius 3 is 2.43 bits per heavy atom. The number of amides is 2. The number of hydrogen-bond acceptors (Lipinski definition) is 4. The molecule has 21 heavy (non-hydrogen) atoms. The Bertz CT molecular complexity index is 366. The topological polar surface area (TPSA) is 84.7 Å². The van der Waals surface area contributed by atoms with Gasteiger partial charge in [0.05, 0.1) is 12.6 Å². The van der Waals surface area contributed by atoms with Crippen LogP contribution in [0.4, 0.5) is 4.79 Å². The van der Waals surface area contributed by atoms with Gasteiger partial charge in [-0.05, 0) is 40.5 Å². The highest BCUT2D eigenvalue weighted by Crippen LogP contribution is 2.25. The van der Waals surface area contributed by atoms with Gasteiger partial charge in [-0.3, -0.25) is 4.79 Å². The SMILES string of the molecule is CCN(C(=O)OC(C)(C)C)[C@@H]1CCCC[C@H]1NC(=O)CN. The van der Waals surface area contributed by atoms with E-state index in [0.29, 0.717) is 6.54 Å². The zero-order valence-electron chi connectivity index (χ0n) is 13.6. The summed E-state index contributed by atoms with van der Waals surface area (Å²) in [5.74, 6) is -0.174. The maximum absolute atomic E-state index is 12.4. The molecule has 0 aromatic carbocycles. The number of carbonyl (C=O) groups is 2. The van der Waals surface area contributed by atoms with Crippen LogP contribution >= 0.6 is 0 Å². The molecule has 122 valence electrons. The Kier molecular flexibility index (Phi) is 6.45. The normalized spacial score (nSPS) is 22.5. The van der Waals surface area contributed by atoms with Crippen molar-refractivity contribution in [3.8, 4) is 0 Å². The van der Waals surface area contributed by atoms with Gasteiger partial charge in [0.1, 0.15) is 5.60 Å². The van der Waals surface area contributed by atoms with Crippen LogP contribution in [0.1, 0.15) is 53.4 Å². The molecule has 1 aliphatic carbocycles. The molecular weight excluding hydrogens is 270 g/mol. The molecule has 2 atom stereocenters. The molecule has 1 aliphatic rings. The van der Waals surface area contributed by atoms with Crippen LogP contribution in [0.3, 0.4) is 0 Å². The molecule has 0 saturated heterocycles. The minimum atomic E-state index is -0.519. The molecule has 0 radical (unpaired) electrons.